The molecule has 0 spiro atoms. The summed E-state index contributed by atoms with van der Waals surface area (Å²) in [7, 11) is 0. The van der Waals surface area contributed by atoms with Gasteiger partial charge in [0.05, 0.1) is 16.3 Å². The van der Waals surface area contributed by atoms with Crippen LogP contribution in [0.25, 0.3) is 0 Å². The number of nitrogens with zero attached hydrogens (tertiary/aromatic N) is 2. The lowest BCUT2D eigenvalue weighted by molar-refractivity contribution is 0.102. The Kier molecular flexibility index (Phi) is 3.79. The van der Waals surface area contributed by atoms with Crippen LogP contribution in [0.1, 0.15) is 16.1 Å². The zero-order chi connectivity index (χ0) is 13.1. The fourth-order valence-electron chi connectivity index (χ4n) is 1.35. The Labute approximate surface area is 114 Å². The van der Waals surface area contributed by atoms with Crippen molar-refractivity contribution in [3.63, 3.8) is 0 Å². The number of anilines is 1. The van der Waals surface area contributed by atoms with E-state index in [4.69, 9.17) is 23.2 Å². The minimum atomic E-state index is -0.359. The van der Waals surface area contributed by atoms with Gasteiger partial charge in [-0.3, -0.25) is 4.79 Å². The Morgan fingerprint density at radius 1 is 1.28 bits per heavy atom. The standard InChI is InChI=1S/C12H9Cl2N3O/c1-7-9(13)4-5-10(16-7)17-12(18)8-3-2-6-15-11(8)14/h2-6H,1H3,(H,16,17,18). The van der Waals surface area contributed by atoms with E-state index in [-0.39, 0.29) is 11.1 Å². The van der Waals surface area contributed by atoms with Gasteiger partial charge in [0.15, 0.2) is 0 Å². The molecule has 2 aromatic rings. The summed E-state index contributed by atoms with van der Waals surface area (Å²) in [6.45, 7) is 1.76. The number of hydrogen-bond acceptors (Lipinski definition) is 3. The summed E-state index contributed by atoms with van der Waals surface area (Å²) in [6, 6.07) is 6.52. The van der Waals surface area contributed by atoms with Crippen LogP contribution in [0.3, 0.4) is 0 Å². The molecule has 4 nitrogen and oxygen atoms in total. The van der Waals surface area contributed by atoms with Crippen molar-refractivity contribution in [1.82, 2.24) is 9.97 Å². The zero-order valence-electron chi connectivity index (χ0n) is 9.45. The van der Waals surface area contributed by atoms with E-state index >= 15 is 0 Å². The number of aryl methyl sites for hydroxylation is 1. The molecule has 0 fully saturated rings. The predicted octanol–water partition coefficient (Wildman–Crippen LogP) is 3.34. The Balaban J connectivity index is 2.22. The predicted molar refractivity (Wildman–Crippen MR) is 71.2 cm³/mol. The maximum absolute atomic E-state index is 11.9. The fraction of sp³-hybridized carbons (Fsp3) is 0.0833. The molecule has 0 aliphatic rings. The van der Waals surface area contributed by atoms with Gasteiger partial charge in [0, 0.05) is 6.20 Å². The third-order valence-electron chi connectivity index (χ3n) is 2.27. The summed E-state index contributed by atoms with van der Waals surface area (Å²) in [5, 5.41) is 3.34. The van der Waals surface area contributed by atoms with Gasteiger partial charge in [-0.05, 0) is 31.2 Å². The zero-order valence-corrected chi connectivity index (χ0v) is 11.0. The average molecular weight is 282 g/mol. The maximum atomic E-state index is 11.9. The molecule has 1 N–H and O–H groups in total. The molecule has 0 atom stereocenters. The van der Waals surface area contributed by atoms with Gasteiger partial charge in [-0.15, -0.1) is 0 Å². The number of carbonyl (C=O) groups excluding carboxylic acids is 1. The monoisotopic (exact) mass is 281 g/mol. The second-order valence-electron chi connectivity index (χ2n) is 3.56. The molecule has 1 amide bonds. The lowest BCUT2D eigenvalue weighted by atomic mass is 10.2. The van der Waals surface area contributed by atoms with Gasteiger partial charge in [0.25, 0.3) is 5.91 Å². The summed E-state index contributed by atoms with van der Waals surface area (Å²) in [5.41, 5.74) is 0.945. The van der Waals surface area contributed by atoms with Crippen molar-refractivity contribution in [3.8, 4) is 0 Å². The molecule has 18 heavy (non-hydrogen) atoms. The van der Waals surface area contributed by atoms with Gasteiger partial charge in [-0.1, -0.05) is 23.2 Å². The molecular formula is C12H9Cl2N3O. The highest BCUT2D eigenvalue weighted by atomic mass is 35.5. The minimum Gasteiger partial charge on any atom is -0.306 e. The normalized spacial score (nSPS) is 10.2. The van der Waals surface area contributed by atoms with Gasteiger partial charge in [0.1, 0.15) is 11.0 Å². The highest BCUT2D eigenvalue weighted by molar-refractivity contribution is 6.33. The number of aromatic nitrogens is 2. The molecule has 0 aromatic carbocycles. The third kappa shape index (κ3) is 2.78. The summed E-state index contributed by atoms with van der Waals surface area (Å²) in [6.07, 6.45) is 1.52. The van der Waals surface area contributed by atoms with Crippen molar-refractivity contribution in [2.45, 2.75) is 6.92 Å². The number of rotatable bonds is 2. The molecule has 2 aromatic heterocycles. The first kappa shape index (κ1) is 12.8. The average Bonchev–Trinajstić information content (AvgIpc) is 2.34. The van der Waals surface area contributed by atoms with Crippen molar-refractivity contribution >= 4 is 34.9 Å². The number of amides is 1. The highest BCUT2D eigenvalue weighted by Gasteiger charge is 2.11. The van der Waals surface area contributed by atoms with Crippen LogP contribution in [-0.2, 0) is 0 Å². The molecule has 0 radical (unpaired) electrons. The van der Waals surface area contributed by atoms with Crippen molar-refractivity contribution in [3.05, 3.63) is 51.9 Å². The number of carbonyl (C=O) groups is 1. The topological polar surface area (TPSA) is 54.9 Å². The van der Waals surface area contributed by atoms with Crippen LogP contribution < -0.4 is 5.32 Å². The minimum absolute atomic E-state index is 0.153. The van der Waals surface area contributed by atoms with Crippen LogP contribution in [-0.4, -0.2) is 15.9 Å². The van der Waals surface area contributed by atoms with Crippen LogP contribution in [0, 0.1) is 6.92 Å². The maximum Gasteiger partial charge on any atom is 0.259 e. The van der Waals surface area contributed by atoms with Crippen molar-refractivity contribution in [2.75, 3.05) is 5.32 Å². The molecule has 0 aliphatic carbocycles. The molecule has 0 bridgehead atoms. The van der Waals surface area contributed by atoms with Gasteiger partial charge < -0.3 is 5.32 Å². The number of halogens is 2. The van der Waals surface area contributed by atoms with Crippen LogP contribution in [0.15, 0.2) is 30.5 Å². The fourth-order valence-corrected chi connectivity index (χ4v) is 1.66. The van der Waals surface area contributed by atoms with E-state index in [0.717, 1.165) is 0 Å². The number of pyridine rings is 2. The molecule has 6 heteroatoms. The van der Waals surface area contributed by atoms with E-state index in [0.29, 0.717) is 22.1 Å². The Bertz CT molecular complexity index is 602. The van der Waals surface area contributed by atoms with E-state index in [1.807, 2.05) is 0 Å². The molecule has 92 valence electrons. The molecule has 0 saturated carbocycles. The van der Waals surface area contributed by atoms with Crippen molar-refractivity contribution in [1.29, 1.82) is 0 Å². The van der Waals surface area contributed by atoms with Crippen LogP contribution in [0.2, 0.25) is 10.2 Å². The first-order valence-electron chi connectivity index (χ1n) is 5.13. The second kappa shape index (κ2) is 5.33. The summed E-state index contributed by atoms with van der Waals surface area (Å²) in [4.78, 5) is 19.9. The van der Waals surface area contributed by atoms with Crippen LogP contribution in [0.4, 0.5) is 5.82 Å². The molecular weight excluding hydrogens is 273 g/mol. The molecule has 0 saturated heterocycles. The molecule has 0 aliphatic heterocycles. The van der Waals surface area contributed by atoms with Crippen molar-refractivity contribution < 1.29 is 4.79 Å². The molecule has 2 heterocycles. The Hall–Kier alpha value is -1.65. The third-order valence-corrected chi connectivity index (χ3v) is 2.97. The van der Waals surface area contributed by atoms with Crippen LogP contribution in [0.5, 0.6) is 0 Å². The Morgan fingerprint density at radius 2 is 2.06 bits per heavy atom. The largest absolute Gasteiger partial charge is 0.306 e. The van der Waals surface area contributed by atoms with Gasteiger partial charge in [-0.25, -0.2) is 9.97 Å². The Morgan fingerprint density at radius 3 is 2.72 bits per heavy atom. The second-order valence-corrected chi connectivity index (χ2v) is 4.32. The smallest absolute Gasteiger partial charge is 0.259 e. The summed E-state index contributed by atoms with van der Waals surface area (Å²) in [5.74, 6) is 0.0594. The SMILES string of the molecule is Cc1nc(NC(=O)c2cccnc2Cl)ccc1Cl. The molecule has 2 rings (SSSR count). The first-order chi connectivity index (χ1) is 8.58. The first-order valence-corrected chi connectivity index (χ1v) is 5.88. The van der Waals surface area contributed by atoms with E-state index < -0.39 is 0 Å². The van der Waals surface area contributed by atoms with E-state index in [2.05, 4.69) is 15.3 Å². The van der Waals surface area contributed by atoms with E-state index in [1.54, 1.807) is 31.2 Å². The number of hydrogen-bond donors (Lipinski definition) is 1. The lowest BCUT2D eigenvalue weighted by Gasteiger charge is -2.06. The highest BCUT2D eigenvalue weighted by Crippen LogP contribution is 2.17. The van der Waals surface area contributed by atoms with E-state index in [1.165, 1.54) is 6.20 Å². The van der Waals surface area contributed by atoms with E-state index in [9.17, 15) is 4.79 Å². The van der Waals surface area contributed by atoms with Gasteiger partial charge in [0.2, 0.25) is 0 Å². The van der Waals surface area contributed by atoms with Crippen molar-refractivity contribution in [2.24, 2.45) is 0 Å². The van der Waals surface area contributed by atoms with Gasteiger partial charge in [-0.2, -0.15) is 0 Å². The summed E-state index contributed by atoms with van der Waals surface area (Å²) >= 11 is 11.7. The summed E-state index contributed by atoms with van der Waals surface area (Å²) < 4.78 is 0. The molecule has 0 unspecified atom stereocenters. The number of nitrogens with one attached hydrogen (secondary N) is 1. The quantitative estimate of drug-likeness (QED) is 0.859. The lowest BCUT2D eigenvalue weighted by Crippen LogP contribution is -2.14. The van der Waals surface area contributed by atoms with Crippen LogP contribution >= 0.6 is 23.2 Å². The van der Waals surface area contributed by atoms with Gasteiger partial charge >= 0.3 is 0 Å².